The molecule has 0 spiro atoms. The Labute approximate surface area is 80.4 Å². The second-order valence-corrected chi connectivity index (χ2v) is 3.50. The Morgan fingerprint density at radius 1 is 1.43 bits per heavy atom. The van der Waals surface area contributed by atoms with E-state index >= 15 is 0 Å². The summed E-state index contributed by atoms with van der Waals surface area (Å²) in [5.74, 6) is -0.255. The predicted molar refractivity (Wildman–Crippen MR) is 43.8 cm³/mol. The number of hydrogen-bond donors (Lipinski definition) is 0. The Morgan fingerprint density at radius 3 is 2.64 bits per heavy atom. The summed E-state index contributed by atoms with van der Waals surface area (Å²) in [6, 6.07) is 0. The Bertz CT molecular complexity index is 195. The van der Waals surface area contributed by atoms with Crippen molar-refractivity contribution in [2.45, 2.75) is 31.9 Å². The molecule has 1 fully saturated rings. The van der Waals surface area contributed by atoms with Gasteiger partial charge in [0, 0.05) is 25.4 Å². The summed E-state index contributed by atoms with van der Waals surface area (Å²) in [5, 5.41) is 0. The fourth-order valence-corrected chi connectivity index (χ4v) is 1.46. The number of rotatable bonds is 4. The van der Waals surface area contributed by atoms with Gasteiger partial charge in [-0.3, -0.25) is 4.79 Å². The molecule has 0 aromatic carbocycles. The normalized spacial score (nSPS) is 22.6. The highest BCUT2D eigenvalue weighted by Gasteiger charge is 2.28. The third kappa shape index (κ3) is 4.09. The minimum atomic E-state index is -4.15. The molecule has 0 saturated carbocycles. The fraction of sp³-hybridized carbons (Fsp3) is 0.889. The van der Waals surface area contributed by atoms with Gasteiger partial charge in [0.1, 0.15) is 5.78 Å². The molecule has 0 N–H and O–H groups in total. The molecular formula is C9H13F3O2. The van der Waals surface area contributed by atoms with Crippen LogP contribution < -0.4 is 0 Å². The van der Waals surface area contributed by atoms with Crippen LogP contribution in [0.1, 0.15) is 25.7 Å². The van der Waals surface area contributed by atoms with Crippen LogP contribution in [-0.2, 0) is 9.53 Å². The lowest BCUT2D eigenvalue weighted by atomic mass is 9.99. The maximum atomic E-state index is 11.7. The van der Waals surface area contributed by atoms with Gasteiger partial charge in [-0.05, 0) is 12.8 Å². The van der Waals surface area contributed by atoms with Crippen molar-refractivity contribution in [2.24, 2.45) is 5.92 Å². The van der Waals surface area contributed by atoms with Gasteiger partial charge < -0.3 is 4.74 Å². The molecule has 0 aromatic heterocycles. The van der Waals surface area contributed by atoms with Gasteiger partial charge in [0.15, 0.2) is 0 Å². The monoisotopic (exact) mass is 210 g/mol. The summed E-state index contributed by atoms with van der Waals surface area (Å²) in [7, 11) is 0. The first kappa shape index (κ1) is 11.5. The minimum absolute atomic E-state index is 0.0214. The first-order valence-electron chi connectivity index (χ1n) is 4.66. The van der Waals surface area contributed by atoms with E-state index < -0.39 is 12.6 Å². The van der Waals surface area contributed by atoms with Gasteiger partial charge in [-0.1, -0.05) is 0 Å². The van der Waals surface area contributed by atoms with Crippen LogP contribution in [0.3, 0.4) is 0 Å². The molecule has 1 aliphatic heterocycles. The van der Waals surface area contributed by atoms with Crippen LogP contribution in [0.4, 0.5) is 13.2 Å². The van der Waals surface area contributed by atoms with E-state index in [9.17, 15) is 18.0 Å². The van der Waals surface area contributed by atoms with Crippen molar-refractivity contribution in [1.82, 2.24) is 0 Å². The summed E-state index contributed by atoms with van der Waals surface area (Å²) in [4.78, 5) is 11.3. The SMILES string of the molecule is O=C(CCCC(F)(F)F)C1CCOC1. The van der Waals surface area contributed by atoms with Gasteiger partial charge in [-0.15, -0.1) is 0 Å². The van der Waals surface area contributed by atoms with Crippen LogP contribution in [0.15, 0.2) is 0 Å². The summed E-state index contributed by atoms with van der Waals surface area (Å²) in [6.45, 7) is 0.931. The van der Waals surface area contributed by atoms with Crippen LogP contribution in [-0.4, -0.2) is 25.2 Å². The second kappa shape index (κ2) is 4.77. The van der Waals surface area contributed by atoms with Crippen molar-refractivity contribution in [3.63, 3.8) is 0 Å². The van der Waals surface area contributed by atoms with Crippen LogP contribution in [0.2, 0.25) is 0 Å². The van der Waals surface area contributed by atoms with Crippen molar-refractivity contribution >= 4 is 5.78 Å². The molecule has 1 saturated heterocycles. The lowest BCUT2D eigenvalue weighted by molar-refractivity contribution is -0.137. The van der Waals surface area contributed by atoms with Crippen molar-refractivity contribution in [1.29, 1.82) is 0 Å². The molecule has 1 unspecified atom stereocenters. The average molecular weight is 210 g/mol. The number of ether oxygens (including phenoxy) is 1. The predicted octanol–water partition coefficient (Wildman–Crippen LogP) is 2.32. The van der Waals surface area contributed by atoms with Gasteiger partial charge in [-0.25, -0.2) is 0 Å². The van der Waals surface area contributed by atoms with E-state index in [1.165, 1.54) is 0 Å². The van der Waals surface area contributed by atoms with E-state index in [1.807, 2.05) is 0 Å². The molecule has 0 aromatic rings. The Balaban J connectivity index is 2.15. The first-order valence-corrected chi connectivity index (χ1v) is 4.66. The molecule has 1 aliphatic rings. The molecule has 14 heavy (non-hydrogen) atoms. The first-order chi connectivity index (χ1) is 6.49. The molecule has 5 heteroatoms. The van der Waals surface area contributed by atoms with Crippen molar-refractivity contribution in [3.05, 3.63) is 0 Å². The highest BCUT2D eigenvalue weighted by atomic mass is 19.4. The molecule has 82 valence electrons. The standard InChI is InChI=1S/C9H13F3O2/c10-9(11,12)4-1-2-8(13)7-3-5-14-6-7/h7H,1-6H2. The zero-order valence-corrected chi connectivity index (χ0v) is 7.77. The zero-order chi connectivity index (χ0) is 10.6. The van der Waals surface area contributed by atoms with Crippen molar-refractivity contribution < 1.29 is 22.7 Å². The van der Waals surface area contributed by atoms with E-state index in [1.54, 1.807) is 0 Å². The maximum Gasteiger partial charge on any atom is 0.389 e. The van der Waals surface area contributed by atoms with E-state index in [0.717, 1.165) is 0 Å². The van der Waals surface area contributed by atoms with Gasteiger partial charge in [-0.2, -0.15) is 13.2 Å². The van der Waals surface area contributed by atoms with E-state index in [4.69, 9.17) is 4.74 Å². The van der Waals surface area contributed by atoms with Crippen LogP contribution in [0, 0.1) is 5.92 Å². The third-order valence-corrected chi connectivity index (χ3v) is 2.27. The van der Waals surface area contributed by atoms with E-state index in [0.29, 0.717) is 19.6 Å². The summed E-state index contributed by atoms with van der Waals surface area (Å²) in [5.41, 5.74) is 0. The van der Waals surface area contributed by atoms with Crippen LogP contribution in [0.25, 0.3) is 0 Å². The Morgan fingerprint density at radius 2 is 2.14 bits per heavy atom. The number of Topliss-reactive ketones (excluding diaryl/α,β-unsaturated/α-hetero) is 1. The van der Waals surface area contributed by atoms with Gasteiger partial charge in [0.25, 0.3) is 0 Å². The molecular weight excluding hydrogens is 197 g/mol. The smallest absolute Gasteiger partial charge is 0.381 e. The van der Waals surface area contributed by atoms with E-state index in [-0.39, 0.29) is 24.5 Å². The fourth-order valence-electron chi connectivity index (χ4n) is 1.46. The molecule has 0 bridgehead atoms. The van der Waals surface area contributed by atoms with Gasteiger partial charge >= 0.3 is 6.18 Å². The number of carbonyl (C=O) groups excluding carboxylic acids is 1. The second-order valence-electron chi connectivity index (χ2n) is 3.50. The molecule has 0 amide bonds. The van der Waals surface area contributed by atoms with Crippen LogP contribution in [0.5, 0.6) is 0 Å². The van der Waals surface area contributed by atoms with Crippen molar-refractivity contribution in [3.8, 4) is 0 Å². The third-order valence-electron chi connectivity index (χ3n) is 2.27. The lowest BCUT2D eigenvalue weighted by Gasteiger charge is -2.07. The topological polar surface area (TPSA) is 26.3 Å². The highest BCUT2D eigenvalue weighted by molar-refractivity contribution is 5.81. The number of alkyl halides is 3. The Hall–Kier alpha value is -0.580. The molecule has 0 radical (unpaired) electrons. The van der Waals surface area contributed by atoms with Crippen LogP contribution >= 0.6 is 0 Å². The molecule has 1 heterocycles. The zero-order valence-electron chi connectivity index (χ0n) is 7.77. The Kier molecular flexibility index (Phi) is 3.92. The maximum absolute atomic E-state index is 11.7. The summed E-state index contributed by atoms with van der Waals surface area (Å²) < 4.78 is 40.2. The molecule has 2 nitrogen and oxygen atoms in total. The van der Waals surface area contributed by atoms with Crippen molar-refractivity contribution in [2.75, 3.05) is 13.2 Å². The number of carbonyl (C=O) groups is 1. The quantitative estimate of drug-likeness (QED) is 0.711. The van der Waals surface area contributed by atoms with Gasteiger partial charge in [0.05, 0.1) is 6.61 Å². The minimum Gasteiger partial charge on any atom is -0.381 e. The number of ketones is 1. The lowest BCUT2D eigenvalue weighted by Crippen LogP contribution is -2.15. The number of halogens is 3. The number of hydrogen-bond acceptors (Lipinski definition) is 2. The van der Waals surface area contributed by atoms with E-state index in [2.05, 4.69) is 0 Å². The summed E-state index contributed by atoms with van der Waals surface area (Å²) >= 11 is 0. The largest absolute Gasteiger partial charge is 0.389 e. The summed E-state index contributed by atoms with van der Waals surface area (Å²) in [6.07, 6.45) is -4.43. The highest BCUT2D eigenvalue weighted by Crippen LogP contribution is 2.23. The molecule has 1 atom stereocenters. The molecule has 1 rings (SSSR count). The molecule has 0 aliphatic carbocycles. The average Bonchev–Trinajstić information content (AvgIpc) is 2.53. The van der Waals surface area contributed by atoms with Gasteiger partial charge in [0.2, 0.25) is 0 Å².